The minimum absolute atomic E-state index is 0.0122. The molecule has 62 valence electrons. The van der Waals surface area contributed by atoms with Crippen molar-refractivity contribution in [2.75, 3.05) is 0 Å². The third kappa shape index (κ3) is 1.05. The summed E-state index contributed by atoms with van der Waals surface area (Å²) in [5, 5.41) is 0. The quantitative estimate of drug-likeness (QED) is 0.507. The van der Waals surface area contributed by atoms with Crippen LogP contribution in [-0.2, 0) is 0 Å². The first-order chi connectivity index (χ1) is 4.98. The lowest BCUT2D eigenvalue weighted by Crippen LogP contribution is -2.27. The molecule has 0 aliphatic heterocycles. The molecule has 2 atom stereocenters. The van der Waals surface area contributed by atoms with Crippen molar-refractivity contribution in [3.63, 3.8) is 0 Å². The van der Waals surface area contributed by atoms with Crippen molar-refractivity contribution in [3.8, 4) is 0 Å². The highest BCUT2D eigenvalue weighted by Gasteiger charge is 2.67. The van der Waals surface area contributed by atoms with Crippen LogP contribution in [-0.4, -0.2) is 5.54 Å². The molecule has 0 aromatic heterocycles. The van der Waals surface area contributed by atoms with Gasteiger partial charge in [-0.05, 0) is 6.42 Å². The molecule has 0 unspecified atom stereocenters. The Kier molecular flexibility index (Phi) is 1.75. The summed E-state index contributed by atoms with van der Waals surface area (Å²) in [7, 11) is 0. The van der Waals surface area contributed by atoms with Gasteiger partial charge in [0.05, 0.1) is 0 Å². The van der Waals surface area contributed by atoms with Gasteiger partial charge in [-0.25, -0.2) is 6.57 Å². The number of hydrogen-bond acceptors (Lipinski definition) is 0. The lowest BCUT2D eigenvalue weighted by molar-refractivity contribution is 0.318. The van der Waals surface area contributed by atoms with Gasteiger partial charge in [-0.3, -0.25) is 0 Å². The summed E-state index contributed by atoms with van der Waals surface area (Å²) in [5.41, 5.74) is 0.164. The highest BCUT2D eigenvalue weighted by molar-refractivity contribution is 5.23. The molecule has 0 saturated heterocycles. The molecule has 0 heterocycles. The average Bonchev–Trinajstić information content (AvgIpc) is 2.60. The highest BCUT2D eigenvalue weighted by atomic mass is 14.9. The van der Waals surface area contributed by atoms with Gasteiger partial charge >= 0.3 is 0 Å². The van der Waals surface area contributed by atoms with Crippen LogP contribution in [0, 0.1) is 17.9 Å². The van der Waals surface area contributed by atoms with Crippen LogP contribution in [0.25, 0.3) is 4.85 Å². The van der Waals surface area contributed by atoms with Crippen LogP contribution < -0.4 is 0 Å². The Morgan fingerprint density at radius 2 is 2.09 bits per heavy atom. The topological polar surface area (TPSA) is 4.36 Å². The van der Waals surface area contributed by atoms with E-state index in [9.17, 15) is 0 Å². The van der Waals surface area contributed by atoms with E-state index in [0.717, 1.165) is 6.42 Å². The van der Waals surface area contributed by atoms with Crippen LogP contribution in [0.5, 0.6) is 0 Å². The fourth-order valence-electron chi connectivity index (χ4n) is 2.02. The third-order valence-corrected chi connectivity index (χ3v) is 3.06. The molecule has 0 radical (unpaired) electrons. The molecule has 0 bridgehead atoms. The Hall–Kier alpha value is -0.510. The summed E-state index contributed by atoms with van der Waals surface area (Å²) in [5.74, 6) is 0.667. The van der Waals surface area contributed by atoms with Crippen LogP contribution >= 0.6 is 0 Å². The van der Waals surface area contributed by atoms with E-state index >= 15 is 0 Å². The Labute approximate surface area is 69.6 Å². The fraction of sp³-hybridized carbons (Fsp3) is 0.900. The van der Waals surface area contributed by atoms with Gasteiger partial charge in [0, 0.05) is 17.8 Å². The first-order valence-electron chi connectivity index (χ1n) is 4.36. The minimum atomic E-state index is -0.0122. The lowest BCUT2D eigenvalue weighted by atomic mass is 9.83. The van der Waals surface area contributed by atoms with Crippen molar-refractivity contribution in [2.24, 2.45) is 11.3 Å². The molecule has 1 fully saturated rings. The predicted octanol–water partition coefficient (Wildman–Crippen LogP) is 3.12. The summed E-state index contributed by atoms with van der Waals surface area (Å²) in [6.45, 7) is 15.9. The zero-order valence-corrected chi connectivity index (χ0v) is 7.94. The van der Waals surface area contributed by atoms with Crippen molar-refractivity contribution in [1.82, 2.24) is 0 Å². The van der Waals surface area contributed by atoms with Crippen molar-refractivity contribution in [2.45, 2.75) is 46.1 Å². The van der Waals surface area contributed by atoms with Gasteiger partial charge in [0.25, 0.3) is 0 Å². The molecule has 1 aliphatic rings. The molecule has 0 aromatic rings. The molecule has 11 heavy (non-hydrogen) atoms. The first-order valence-corrected chi connectivity index (χ1v) is 4.36. The fourth-order valence-corrected chi connectivity index (χ4v) is 2.02. The second-order valence-corrected chi connectivity index (χ2v) is 4.60. The number of hydrogen-bond donors (Lipinski definition) is 0. The molecular formula is C10H17N. The minimum Gasteiger partial charge on any atom is -0.310 e. The van der Waals surface area contributed by atoms with E-state index in [1.807, 2.05) is 0 Å². The largest absolute Gasteiger partial charge is 0.310 e. The van der Waals surface area contributed by atoms with Crippen LogP contribution in [0.15, 0.2) is 0 Å². The van der Waals surface area contributed by atoms with E-state index in [0.29, 0.717) is 5.92 Å². The molecule has 0 N–H and O–H groups in total. The van der Waals surface area contributed by atoms with Gasteiger partial charge in [0.1, 0.15) is 0 Å². The summed E-state index contributed by atoms with van der Waals surface area (Å²) < 4.78 is 0. The Bertz CT molecular complexity index is 194. The SMILES string of the molecule is [C-]#[N+][C@@]1(C(C)(C)C)C[C@H]1CC. The van der Waals surface area contributed by atoms with Crippen LogP contribution in [0.3, 0.4) is 0 Å². The second-order valence-electron chi connectivity index (χ2n) is 4.60. The van der Waals surface area contributed by atoms with Gasteiger partial charge in [-0.2, -0.15) is 0 Å². The van der Waals surface area contributed by atoms with E-state index in [1.54, 1.807) is 0 Å². The van der Waals surface area contributed by atoms with Gasteiger partial charge < -0.3 is 4.85 Å². The smallest absolute Gasteiger partial charge is 0.240 e. The second kappa shape index (κ2) is 2.24. The van der Waals surface area contributed by atoms with E-state index in [2.05, 4.69) is 32.5 Å². The van der Waals surface area contributed by atoms with Crippen LogP contribution in [0.4, 0.5) is 0 Å². The standard InChI is InChI=1S/C10H17N/c1-6-8-7-10(8,11-5)9(2,3)4/h8H,6-7H2,1-4H3/t8-,10+/m1/s1. The van der Waals surface area contributed by atoms with E-state index in [-0.39, 0.29) is 11.0 Å². The maximum atomic E-state index is 7.18. The van der Waals surface area contributed by atoms with Crippen molar-refractivity contribution in [1.29, 1.82) is 0 Å². The Morgan fingerprint density at radius 1 is 1.55 bits per heavy atom. The number of rotatable bonds is 1. The van der Waals surface area contributed by atoms with Gasteiger partial charge in [-0.1, -0.05) is 27.7 Å². The first kappa shape index (κ1) is 8.59. The Morgan fingerprint density at radius 3 is 2.18 bits per heavy atom. The monoisotopic (exact) mass is 151 g/mol. The molecular weight excluding hydrogens is 134 g/mol. The molecule has 1 rings (SSSR count). The molecule has 0 amide bonds. The zero-order valence-electron chi connectivity index (χ0n) is 7.94. The maximum Gasteiger partial charge on any atom is 0.240 e. The Balaban J connectivity index is 2.77. The van der Waals surface area contributed by atoms with E-state index < -0.39 is 0 Å². The van der Waals surface area contributed by atoms with Crippen LogP contribution in [0.2, 0.25) is 0 Å². The summed E-state index contributed by atoms with van der Waals surface area (Å²) in [4.78, 5) is 3.81. The zero-order chi connectivity index (χ0) is 8.70. The summed E-state index contributed by atoms with van der Waals surface area (Å²) >= 11 is 0. The van der Waals surface area contributed by atoms with Crippen molar-refractivity contribution < 1.29 is 0 Å². The van der Waals surface area contributed by atoms with Crippen molar-refractivity contribution >= 4 is 0 Å². The molecule has 1 saturated carbocycles. The highest BCUT2D eigenvalue weighted by Crippen LogP contribution is 2.59. The average molecular weight is 151 g/mol. The van der Waals surface area contributed by atoms with Gasteiger partial charge in [0.2, 0.25) is 5.54 Å². The normalized spacial score (nSPS) is 36.5. The molecule has 0 aromatic carbocycles. The summed E-state index contributed by atoms with van der Waals surface area (Å²) in [6, 6.07) is 0. The number of nitrogens with zero attached hydrogens (tertiary/aromatic N) is 1. The van der Waals surface area contributed by atoms with Crippen molar-refractivity contribution in [3.05, 3.63) is 11.4 Å². The third-order valence-electron chi connectivity index (χ3n) is 3.06. The van der Waals surface area contributed by atoms with Crippen LogP contribution in [0.1, 0.15) is 40.5 Å². The summed E-state index contributed by atoms with van der Waals surface area (Å²) in [6.07, 6.45) is 2.29. The molecule has 1 nitrogen and oxygen atoms in total. The molecule has 0 spiro atoms. The van der Waals surface area contributed by atoms with E-state index in [4.69, 9.17) is 6.57 Å². The van der Waals surface area contributed by atoms with Gasteiger partial charge in [0.15, 0.2) is 0 Å². The predicted molar refractivity (Wildman–Crippen MR) is 47.2 cm³/mol. The van der Waals surface area contributed by atoms with Gasteiger partial charge in [-0.15, -0.1) is 0 Å². The molecule has 1 heteroatoms. The maximum absolute atomic E-state index is 7.18. The van der Waals surface area contributed by atoms with E-state index in [1.165, 1.54) is 6.42 Å². The molecule has 1 aliphatic carbocycles. The lowest BCUT2D eigenvalue weighted by Gasteiger charge is -2.21.